The van der Waals surface area contributed by atoms with Crippen LogP contribution in [0.2, 0.25) is 0 Å². The van der Waals surface area contributed by atoms with Crippen molar-refractivity contribution in [2.75, 3.05) is 25.5 Å². The number of amides is 1. The summed E-state index contributed by atoms with van der Waals surface area (Å²) >= 11 is 0. The molecule has 1 atom stereocenters. The van der Waals surface area contributed by atoms with Gasteiger partial charge in [-0.15, -0.1) is 0 Å². The predicted octanol–water partition coefficient (Wildman–Crippen LogP) is -0.00990. The Morgan fingerprint density at radius 2 is 2.26 bits per heavy atom. The van der Waals surface area contributed by atoms with Gasteiger partial charge >= 0.3 is 5.69 Å². The Bertz CT molecular complexity index is 1070. The monoisotopic (exact) mass is 369 g/mol. The Labute approximate surface area is 153 Å². The lowest BCUT2D eigenvalue weighted by Crippen LogP contribution is -2.24. The molecule has 2 aromatic heterocycles. The second kappa shape index (κ2) is 6.72. The van der Waals surface area contributed by atoms with E-state index in [0.717, 1.165) is 19.5 Å². The van der Waals surface area contributed by atoms with Crippen LogP contribution in [0.1, 0.15) is 16.9 Å². The lowest BCUT2D eigenvalue weighted by Gasteiger charge is -2.12. The van der Waals surface area contributed by atoms with Crippen LogP contribution < -0.4 is 26.8 Å². The van der Waals surface area contributed by atoms with Crippen LogP contribution in [0.3, 0.4) is 0 Å². The standard InChI is InChI=1S/C17H19N7O3/c1-27-11-4-2-3-10(7-11)24-15-13(22-17(24)26)12(14(18)25)21-16(23-15)20-9-5-6-19-8-9/h2-4,7,9,19H,5-6,8H2,1H3,(H2,18,25)(H,22,26)(H,20,21,23)/t9-/m0/s1. The number of anilines is 1. The van der Waals surface area contributed by atoms with Crippen LogP contribution in [0, 0.1) is 0 Å². The van der Waals surface area contributed by atoms with Crippen LogP contribution in [0.5, 0.6) is 5.75 Å². The third-order valence-electron chi connectivity index (χ3n) is 4.48. The summed E-state index contributed by atoms with van der Waals surface area (Å²) < 4.78 is 6.59. The van der Waals surface area contributed by atoms with Crippen molar-refractivity contribution >= 4 is 23.0 Å². The van der Waals surface area contributed by atoms with Crippen molar-refractivity contribution in [1.82, 2.24) is 24.8 Å². The number of nitrogens with two attached hydrogens (primary N) is 1. The Morgan fingerprint density at radius 1 is 1.41 bits per heavy atom. The van der Waals surface area contributed by atoms with Crippen LogP contribution in [-0.2, 0) is 0 Å². The van der Waals surface area contributed by atoms with Gasteiger partial charge in [0, 0.05) is 18.7 Å². The van der Waals surface area contributed by atoms with Crippen LogP contribution in [0.25, 0.3) is 16.9 Å². The minimum atomic E-state index is -0.742. The Morgan fingerprint density at radius 3 is 2.96 bits per heavy atom. The summed E-state index contributed by atoms with van der Waals surface area (Å²) in [6.07, 6.45) is 0.906. The van der Waals surface area contributed by atoms with E-state index in [4.69, 9.17) is 10.5 Å². The lowest BCUT2D eigenvalue weighted by atomic mass is 10.2. The molecule has 1 amide bonds. The number of imidazole rings is 1. The molecule has 1 aromatic carbocycles. The molecule has 0 bridgehead atoms. The van der Waals surface area contributed by atoms with Gasteiger partial charge in [-0.2, -0.15) is 4.98 Å². The highest BCUT2D eigenvalue weighted by atomic mass is 16.5. The van der Waals surface area contributed by atoms with Gasteiger partial charge in [0.2, 0.25) is 5.95 Å². The van der Waals surface area contributed by atoms with E-state index in [1.807, 2.05) is 0 Å². The number of aromatic amines is 1. The summed E-state index contributed by atoms with van der Waals surface area (Å²) in [5, 5.41) is 6.43. The number of primary amides is 1. The average molecular weight is 369 g/mol. The number of rotatable bonds is 5. The SMILES string of the molecule is COc1cccc(-n2c(=O)[nH]c3c(C(N)=O)nc(N[C@H]4CCNC4)nc32)c1. The van der Waals surface area contributed by atoms with Crippen molar-refractivity contribution in [3.8, 4) is 11.4 Å². The van der Waals surface area contributed by atoms with E-state index in [9.17, 15) is 9.59 Å². The first-order valence-electron chi connectivity index (χ1n) is 8.51. The number of carbonyl (C=O) groups is 1. The van der Waals surface area contributed by atoms with E-state index in [1.165, 1.54) is 4.57 Å². The van der Waals surface area contributed by atoms with E-state index in [2.05, 4.69) is 25.6 Å². The summed E-state index contributed by atoms with van der Waals surface area (Å²) in [5.74, 6) is 0.1000. The molecule has 1 saturated heterocycles. The van der Waals surface area contributed by atoms with Crippen LogP contribution >= 0.6 is 0 Å². The summed E-state index contributed by atoms with van der Waals surface area (Å²) in [6.45, 7) is 1.66. The van der Waals surface area contributed by atoms with Crippen molar-refractivity contribution in [2.45, 2.75) is 12.5 Å². The molecule has 0 spiro atoms. The molecule has 3 aromatic rings. The minimum Gasteiger partial charge on any atom is -0.497 e. The van der Waals surface area contributed by atoms with Gasteiger partial charge in [-0.3, -0.25) is 4.79 Å². The van der Waals surface area contributed by atoms with Crippen molar-refractivity contribution < 1.29 is 9.53 Å². The summed E-state index contributed by atoms with van der Waals surface area (Å²) in [5.41, 5.74) is 6.01. The highest BCUT2D eigenvalue weighted by Crippen LogP contribution is 2.21. The zero-order valence-corrected chi connectivity index (χ0v) is 14.7. The predicted molar refractivity (Wildman–Crippen MR) is 99.5 cm³/mol. The van der Waals surface area contributed by atoms with Gasteiger partial charge in [0.25, 0.3) is 5.91 Å². The van der Waals surface area contributed by atoms with E-state index >= 15 is 0 Å². The molecule has 140 valence electrons. The number of carbonyl (C=O) groups excluding carboxylic acids is 1. The minimum absolute atomic E-state index is 0.0350. The van der Waals surface area contributed by atoms with Crippen LogP contribution in [-0.4, -0.2) is 51.7 Å². The number of methoxy groups -OCH3 is 1. The normalized spacial score (nSPS) is 16.6. The van der Waals surface area contributed by atoms with Crippen LogP contribution in [0.15, 0.2) is 29.1 Å². The molecule has 1 fully saturated rings. The largest absolute Gasteiger partial charge is 0.497 e. The van der Waals surface area contributed by atoms with Crippen LogP contribution in [0.4, 0.5) is 5.95 Å². The Hall–Kier alpha value is -3.40. The van der Waals surface area contributed by atoms with Gasteiger partial charge in [-0.05, 0) is 25.1 Å². The van der Waals surface area contributed by atoms with Gasteiger partial charge in [0.05, 0.1) is 12.8 Å². The molecule has 4 rings (SSSR count). The smallest absolute Gasteiger partial charge is 0.332 e. The van der Waals surface area contributed by atoms with Gasteiger partial charge in [-0.1, -0.05) is 6.07 Å². The number of nitrogens with one attached hydrogen (secondary N) is 3. The second-order valence-electron chi connectivity index (χ2n) is 6.26. The van der Waals surface area contributed by atoms with Crippen molar-refractivity contribution in [2.24, 2.45) is 5.73 Å². The fourth-order valence-corrected chi connectivity index (χ4v) is 3.18. The molecule has 0 unspecified atom stereocenters. The van der Waals surface area contributed by atoms with Gasteiger partial charge < -0.3 is 26.1 Å². The maximum atomic E-state index is 12.6. The highest BCUT2D eigenvalue weighted by Gasteiger charge is 2.22. The van der Waals surface area contributed by atoms with E-state index < -0.39 is 11.6 Å². The maximum Gasteiger partial charge on any atom is 0.332 e. The molecule has 10 heteroatoms. The Balaban J connectivity index is 1.90. The summed E-state index contributed by atoms with van der Waals surface area (Å²) in [7, 11) is 1.54. The fraction of sp³-hybridized carbons (Fsp3) is 0.294. The molecule has 3 heterocycles. The zero-order chi connectivity index (χ0) is 19.0. The molecule has 1 aliphatic rings. The maximum absolute atomic E-state index is 12.6. The molecule has 0 radical (unpaired) electrons. The number of H-pyrrole nitrogens is 1. The summed E-state index contributed by atoms with van der Waals surface area (Å²) in [6, 6.07) is 7.12. The molecular formula is C17H19N7O3. The van der Waals surface area contributed by atoms with Gasteiger partial charge in [0.1, 0.15) is 11.3 Å². The number of fused-ring (bicyclic) bond motifs is 1. The van der Waals surface area contributed by atoms with Crippen molar-refractivity contribution in [3.05, 3.63) is 40.4 Å². The second-order valence-corrected chi connectivity index (χ2v) is 6.26. The first-order valence-corrected chi connectivity index (χ1v) is 8.51. The topological polar surface area (TPSA) is 140 Å². The first kappa shape index (κ1) is 17.0. The highest BCUT2D eigenvalue weighted by molar-refractivity contribution is 6.02. The molecule has 27 heavy (non-hydrogen) atoms. The fourth-order valence-electron chi connectivity index (χ4n) is 3.18. The first-order chi connectivity index (χ1) is 13.1. The quantitative estimate of drug-likeness (QED) is 0.496. The molecule has 0 aliphatic carbocycles. The molecule has 10 nitrogen and oxygen atoms in total. The average Bonchev–Trinajstić information content (AvgIpc) is 3.28. The zero-order valence-electron chi connectivity index (χ0n) is 14.7. The van der Waals surface area contributed by atoms with E-state index in [1.54, 1.807) is 31.4 Å². The number of hydrogen-bond acceptors (Lipinski definition) is 7. The van der Waals surface area contributed by atoms with Gasteiger partial charge in [-0.25, -0.2) is 14.3 Å². The number of hydrogen-bond donors (Lipinski definition) is 4. The molecular weight excluding hydrogens is 350 g/mol. The number of ether oxygens (including phenoxy) is 1. The molecule has 0 saturated carbocycles. The summed E-state index contributed by atoms with van der Waals surface area (Å²) in [4.78, 5) is 35.8. The lowest BCUT2D eigenvalue weighted by molar-refractivity contribution is 0.0997. The number of nitrogens with zero attached hydrogens (tertiary/aromatic N) is 3. The third kappa shape index (κ3) is 3.10. The molecule has 1 aliphatic heterocycles. The third-order valence-corrected chi connectivity index (χ3v) is 4.48. The number of benzene rings is 1. The molecule has 5 N–H and O–H groups in total. The Kier molecular flexibility index (Phi) is 4.24. The van der Waals surface area contributed by atoms with Crippen molar-refractivity contribution in [3.63, 3.8) is 0 Å². The number of aromatic nitrogens is 4. The van der Waals surface area contributed by atoms with E-state index in [0.29, 0.717) is 11.4 Å². The van der Waals surface area contributed by atoms with E-state index in [-0.39, 0.29) is 28.8 Å². The van der Waals surface area contributed by atoms with Crippen molar-refractivity contribution in [1.29, 1.82) is 0 Å². The van der Waals surface area contributed by atoms with Gasteiger partial charge in [0.15, 0.2) is 11.3 Å².